The summed E-state index contributed by atoms with van der Waals surface area (Å²) in [5.41, 5.74) is 1.02. The number of thioether (sulfide) groups is 1. The molecule has 0 saturated carbocycles. The molecule has 2 heterocycles. The fraction of sp³-hybridized carbons (Fsp3) is 0.0526. The van der Waals surface area contributed by atoms with E-state index in [2.05, 4.69) is 18.2 Å². The van der Waals surface area contributed by atoms with Gasteiger partial charge >= 0.3 is 0 Å². The summed E-state index contributed by atoms with van der Waals surface area (Å²) in [4.78, 5) is 14.9. The molecule has 0 spiro atoms. The van der Waals surface area contributed by atoms with Gasteiger partial charge in [-0.2, -0.15) is 0 Å². The van der Waals surface area contributed by atoms with Crippen LogP contribution >= 0.6 is 24.0 Å². The second-order valence-electron chi connectivity index (χ2n) is 5.42. The van der Waals surface area contributed by atoms with Crippen molar-refractivity contribution >= 4 is 51.1 Å². The third kappa shape index (κ3) is 2.77. The fourth-order valence-electron chi connectivity index (χ4n) is 2.71. The smallest absolute Gasteiger partial charge is 0.266 e. The summed E-state index contributed by atoms with van der Waals surface area (Å²) in [5.74, 6) is 0.645. The van der Waals surface area contributed by atoms with Crippen LogP contribution in [0.15, 0.2) is 70.2 Å². The summed E-state index contributed by atoms with van der Waals surface area (Å²) in [7, 11) is 0. The number of furan rings is 1. The SMILES string of the molecule is O=C1/C(=C\c2cccc3ccccc23)SC(=S)N1Cc1ccco1. The monoisotopic (exact) mass is 351 g/mol. The Hall–Kier alpha value is -2.37. The van der Waals surface area contributed by atoms with Gasteiger partial charge in [0.15, 0.2) is 0 Å². The van der Waals surface area contributed by atoms with Crippen molar-refractivity contribution in [1.82, 2.24) is 4.90 Å². The zero-order valence-corrected chi connectivity index (χ0v) is 14.3. The molecule has 4 rings (SSSR count). The number of nitrogens with zero attached hydrogens (tertiary/aromatic N) is 1. The average Bonchev–Trinajstić information content (AvgIpc) is 3.20. The van der Waals surface area contributed by atoms with Crippen LogP contribution in [0.3, 0.4) is 0 Å². The van der Waals surface area contributed by atoms with E-state index >= 15 is 0 Å². The van der Waals surface area contributed by atoms with E-state index in [-0.39, 0.29) is 5.91 Å². The van der Waals surface area contributed by atoms with E-state index in [0.717, 1.165) is 22.1 Å². The molecule has 3 nitrogen and oxygen atoms in total. The van der Waals surface area contributed by atoms with Gasteiger partial charge in [0, 0.05) is 0 Å². The Balaban J connectivity index is 1.68. The lowest BCUT2D eigenvalue weighted by atomic mass is 10.0. The average molecular weight is 351 g/mol. The van der Waals surface area contributed by atoms with Crippen LogP contribution in [-0.2, 0) is 11.3 Å². The first-order valence-corrected chi connectivity index (χ1v) is 8.70. The molecule has 24 heavy (non-hydrogen) atoms. The van der Waals surface area contributed by atoms with Crippen molar-refractivity contribution in [2.24, 2.45) is 0 Å². The molecule has 2 aromatic carbocycles. The molecule has 118 valence electrons. The molecule has 0 bridgehead atoms. The lowest BCUT2D eigenvalue weighted by molar-refractivity contribution is -0.122. The molecular formula is C19H13NO2S2. The predicted molar refractivity (Wildman–Crippen MR) is 101 cm³/mol. The van der Waals surface area contributed by atoms with E-state index in [1.807, 2.05) is 36.4 Å². The molecule has 1 amide bonds. The summed E-state index contributed by atoms with van der Waals surface area (Å²) in [6.07, 6.45) is 3.52. The van der Waals surface area contributed by atoms with Gasteiger partial charge in [0.1, 0.15) is 10.1 Å². The molecule has 0 unspecified atom stereocenters. The quantitative estimate of drug-likeness (QED) is 0.500. The lowest BCUT2D eigenvalue weighted by Crippen LogP contribution is -2.27. The van der Waals surface area contributed by atoms with E-state index in [1.165, 1.54) is 11.8 Å². The number of rotatable bonds is 3. The van der Waals surface area contributed by atoms with Crippen molar-refractivity contribution in [3.63, 3.8) is 0 Å². The van der Waals surface area contributed by atoms with Crippen LogP contribution in [0.5, 0.6) is 0 Å². The van der Waals surface area contributed by atoms with Crippen molar-refractivity contribution in [2.45, 2.75) is 6.54 Å². The second-order valence-corrected chi connectivity index (χ2v) is 7.09. The van der Waals surface area contributed by atoms with Crippen molar-refractivity contribution < 1.29 is 9.21 Å². The van der Waals surface area contributed by atoms with Crippen LogP contribution in [0.4, 0.5) is 0 Å². The highest BCUT2D eigenvalue weighted by Crippen LogP contribution is 2.34. The van der Waals surface area contributed by atoms with Crippen LogP contribution in [0.25, 0.3) is 16.8 Å². The van der Waals surface area contributed by atoms with Crippen LogP contribution in [0.2, 0.25) is 0 Å². The van der Waals surface area contributed by atoms with Gasteiger partial charge in [-0.1, -0.05) is 66.4 Å². The van der Waals surface area contributed by atoms with Crippen molar-refractivity contribution in [3.8, 4) is 0 Å². The van der Waals surface area contributed by atoms with Gasteiger partial charge < -0.3 is 4.42 Å². The highest BCUT2D eigenvalue weighted by molar-refractivity contribution is 8.26. The summed E-state index contributed by atoms with van der Waals surface area (Å²) >= 11 is 6.70. The summed E-state index contributed by atoms with van der Waals surface area (Å²) in [6, 6.07) is 17.9. The number of hydrogen-bond acceptors (Lipinski definition) is 4. The van der Waals surface area contributed by atoms with Gasteiger partial charge in [0.05, 0.1) is 17.7 Å². The molecule has 1 fully saturated rings. The van der Waals surface area contributed by atoms with E-state index in [4.69, 9.17) is 16.6 Å². The minimum atomic E-state index is -0.0747. The molecule has 0 aliphatic carbocycles. The van der Waals surface area contributed by atoms with Crippen molar-refractivity contribution in [1.29, 1.82) is 0 Å². The Kier molecular flexibility index (Phi) is 3.96. The van der Waals surface area contributed by atoms with E-state index in [9.17, 15) is 4.79 Å². The molecule has 0 radical (unpaired) electrons. The van der Waals surface area contributed by atoms with Gasteiger partial charge in [-0.3, -0.25) is 9.69 Å². The topological polar surface area (TPSA) is 33.5 Å². The van der Waals surface area contributed by atoms with Gasteiger partial charge in [-0.25, -0.2) is 0 Å². The molecule has 1 aliphatic heterocycles. The fourth-order valence-corrected chi connectivity index (χ4v) is 3.96. The van der Waals surface area contributed by atoms with Gasteiger partial charge in [-0.15, -0.1) is 0 Å². The van der Waals surface area contributed by atoms with Crippen LogP contribution in [-0.4, -0.2) is 15.1 Å². The first-order valence-electron chi connectivity index (χ1n) is 7.48. The summed E-state index contributed by atoms with van der Waals surface area (Å²) in [6.45, 7) is 0.366. The molecule has 0 atom stereocenters. The Labute approximate surface area is 148 Å². The number of carbonyl (C=O) groups excluding carboxylic acids is 1. The maximum absolute atomic E-state index is 12.7. The normalized spacial score (nSPS) is 16.5. The molecule has 0 N–H and O–H groups in total. The Morgan fingerprint density at radius 3 is 2.75 bits per heavy atom. The molecule has 3 aromatic rings. The first-order chi connectivity index (χ1) is 11.7. The Morgan fingerprint density at radius 1 is 1.08 bits per heavy atom. The zero-order valence-electron chi connectivity index (χ0n) is 12.6. The number of fused-ring (bicyclic) bond motifs is 1. The van der Waals surface area contributed by atoms with Crippen LogP contribution in [0.1, 0.15) is 11.3 Å². The number of hydrogen-bond donors (Lipinski definition) is 0. The lowest BCUT2D eigenvalue weighted by Gasteiger charge is -2.12. The predicted octanol–water partition coefficient (Wildman–Crippen LogP) is 4.83. The maximum atomic E-state index is 12.7. The third-order valence-electron chi connectivity index (χ3n) is 3.88. The summed E-state index contributed by atoms with van der Waals surface area (Å²) in [5, 5.41) is 2.27. The minimum absolute atomic E-state index is 0.0747. The zero-order chi connectivity index (χ0) is 16.5. The molecule has 1 aliphatic rings. The van der Waals surface area contributed by atoms with E-state index in [0.29, 0.717) is 15.8 Å². The van der Waals surface area contributed by atoms with E-state index in [1.54, 1.807) is 17.2 Å². The molecular weight excluding hydrogens is 338 g/mol. The maximum Gasteiger partial charge on any atom is 0.266 e. The highest BCUT2D eigenvalue weighted by atomic mass is 32.2. The molecule has 1 aromatic heterocycles. The van der Waals surface area contributed by atoms with Crippen molar-refractivity contribution in [3.05, 3.63) is 77.1 Å². The number of amides is 1. The van der Waals surface area contributed by atoms with Gasteiger partial charge in [0.2, 0.25) is 0 Å². The summed E-state index contributed by atoms with van der Waals surface area (Å²) < 4.78 is 5.88. The van der Waals surface area contributed by atoms with Crippen molar-refractivity contribution in [2.75, 3.05) is 0 Å². The number of benzene rings is 2. The van der Waals surface area contributed by atoms with Gasteiger partial charge in [-0.05, 0) is 34.5 Å². The van der Waals surface area contributed by atoms with Crippen LogP contribution in [0, 0.1) is 0 Å². The minimum Gasteiger partial charge on any atom is -0.467 e. The molecule has 1 saturated heterocycles. The van der Waals surface area contributed by atoms with Gasteiger partial charge in [0.25, 0.3) is 5.91 Å². The number of carbonyl (C=O) groups is 1. The number of thiocarbonyl (C=S) groups is 1. The van der Waals surface area contributed by atoms with Crippen LogP contribution < -0.4 is 0 Å². The van der Waals surface area contributed by atoms with E-state index < -0.39 is 0 Å². The third-order valence-corrected chi connectivity index (χ3v) is 5.26. The Morgan fingerprint density at radius 2 is 1.92 bits per heavy atom. The Bertz CT molecular complexity index is 955. The standard InChI is InChI=1S/C19H13NO2S2/c21-18-17(24-19(23)20(18)12-15-8-4-10-22-15)11-14-7-3-6-13-5-1-2-9-16(13)14/h1-11H,12H2/b17-11+. The second kappa shape index (κ2) is 6.26. The largest absolute Gasteiger partial charge is 0.467 e. The molecule has 5 heteroatoms. The first kappa shape index (κ1) is 15.2. The highest BCUT2D eigenvalue weighted by Gasteiger charge is 2.32.